The number of hydrogen-bond acceptors (Lipinski definition) is 4. The fourth-order valence-corrected chi connectivity index (χ4v) is 4.41. The first kappa shape index (κ1) is 25.6. The monoisotopic (exact) mass is 604 g/mol. The molecular weight excluding hydrogens is 588 g/mol. The van der Waals surface area contributed by atoms with Crippen LogP contribution in [0.15, 0.2) is 71.6 Å². The summed E-state index contributed by atoms with van der Waals surface area (Å²) >= 11 is 1.94. The molecule has 0 saturated heterocycles. The Bertz CT molecular complexity index is 1340. The Morgan fingerprint density at radius 3 is 2.26 bits per heavy atom. The van der Waals surface area contributed by atoms with Gasteiger partial charge in [-0.25, -0.2) is 17.9 Å². The normalized spacial score (nSPS) is 11.8. The van der Waals surface area contributed by atoms with Crippen LogP contribution in [0, 0.1) is 3.57 Å². The summed E-state index contributed by atoms with van der Waals surface area (Å²) in [5, 5.41) is 11.8. The van der Waals surface area contributed by atoms with Gasteiger partial charge in [0.05, 0.1) is 21.7 Å². The standard InChI is InChI=1S/C22H16F3IN2O5S/c23-22(24,25)15-3-1-2-13(10-15)12-27-34(32,33)17-7-4-14(5-8-17)20(29)28-19-9-6-16(26)11-18(19)21(30)31/h1-11,27H,12H2,(H,28,29)(H,30,31). The number of sulfonamides is 1. The highest BCUT2D eigenvalue weighted by molar-refractivity contribution is 14.1. The number of alkyl halides is 3. The maximum atomic E-state index is 12.8. The number of carbonyl (C=O) groups excluding carboxylic acids is 1. The maximum absolute atomic E-state index is 12.8. The van der Waals surface area contributed by atoms with E-state index >= 15 is 0 Å². The Morgan fingerprint density at radius 1 is 0.971 bits per heavy atom. The number of benzene rings is 3. The zero-order valence-electron chi connectivity index (χ0n) is 17.1. The number of anilines is 1. The van der Waals surface area contributed by atoms with Crippen molar-refractivity contribution in [3.63, 3.8) is 0 Å². The van der Waals surface area contributed by atoms with Gasteiger partial charge in [-0.2, -0.15) is 13.2 Å². The molecular formula is C22H16F3IN2O5S. The SMILES string of the molecule is O=C(Nc1ccc(I)cc1C(=O)O)c1ccc(S(=O)(=O)NCc2cccc(C(F)(F)F)c2)cc1. The first-order valence-electron chi connectivity index (χ1n) is 9.47. The van der Waals surface area contributed by atoms with Crippen LogP contribution in [0.3, 0.4) is 0 Å². The summed E-state index contributed by atoms with van der Waals surface area (Å²) in [5.74, 6) is -1.87. The predicted octanol–water partition coefficient (Wildman–Crippen LogP) is 4.74. The number of halogens is 4. The molecule has 3 aromatic rings. The minimum absolute atomic E-state index is 0.0757. The Kier molecular flexibility index (Phi) is 7.63. The molecule has 0 aliphatic heterocycles. The quantitative estimate of drug-likeness (QED) is 0.338. The lowest BCUT2D eigenvalue weighted by atomic mass is 10.1. The van der Waals surface area contributed by atoms with Crippen molar-refractivity contribution in [3.8, 4) is 0 Å². The molecule has 0 aliphatic carbocycles. The lowest BCUT2D eigenvalue weighted by molar-refractivity contribution is -0.137. The number of carboxylic acid groups (broad SMARTS) is 1. The van der Waals surface area contributed by atoms with E-state index in [1.165, 1.54) is 36.4 Å². The van der Waals surface area contributed by atoms with Gasteiger partial charge in [0.15, 0.2) is 0 Å². The van der Waals surface area contributed by atoms with Gasteiger partial charge in [-0.15, -0.1) is 0 Å². The van der Waals surface area contributed by atoms with Gasteiger partial charge in [-0.3, -0.25) is 4.79 Å². The number of amides is 1. The zero-order valence-corrected chi connectivity index (χ0v) is 20.0. The number of carbonyl (C=O) groups is 2. The second kappa shape index (κ2) is 10.1. The molecule has 34 heavy (non-hydrogen) atoms. The van der Waals surface area contributed by atoms with Crippen molar-refractivity contribution in [1.82, 2.24) is 4.72 Å². The molecule has 0 bridgehead atoms. The van der Waals surface area contributed by atoms with Crippen molar-refractivity contribution in [2.75, 3.05) is 5.32 Å². The van der Waals surface area contributed by atoms with E-state index in [0.29, 0.717) is 3.57 Å². The fraction of sp³-hybridized carbons (Fsp3) is 0.0909. The Balaban J connectivity index is 1.71. The fourth-order valence-electron chi connectivity index (χ4n) is 2.90. The van der Waals surface area contributed by atoms with E-state index < -0.39 is 33.6 Å². The van der Waals surface area contributed by atoms with Crippen LogP contribution in [0.5, 0.6) is 0 Å². The minimum Gasteiger partial charge on any atom is -0.478 e. The van der Waals surface area contributed by atoms with Crippen LogP contribution in [0.4, 0.5) is 18.9 Å². The molecule has 0 spiro atoms. The molecule has 7 nitrogen and oxygen atoms in total. The average molecular weight is 604 g/mol. The van der Waals surface area contributed by atoms with Crippen molar-refractivity contribution < 1.29 is 36.3 Å². The van der Waals surface area contributed by atoms with Crippen molar-refractivity contribution in [2.24, 2.45) is 0 Å². The topological polar surface area (TPSA) is 113 Å². The summed E-state index contributed by atoms with van der Waals surface area (Å²) in [6, 6.07) is 13.5. The molecule has 0 saturated carbocycles. The van der Waals surface area contributed by atoms with Gasteiger partial charge in [0.1, 0.15) is 0 Å². The summed E-state index contributed by atoms with van der Waals surface area (Å²) in [6.07, 6.45) is -4.55. The molecule has 12 heteroatoms. The smallest absolute Gasteiger partial charge is 0.416 e. The van der Waals surface area contributed by atoms with E-state index in [-0.39, 0.29) is 33.8 Å². The van der Waals surface area contributed by atoms with Gasteiger partial charge in [-0.1, -0.05) is 18.2 Å². The highest BCUT2D eigenvalue weighted by Gasteiger charge is 2.30. The van der Waals surface area contributed by atoms with E-state index in [2.05, 4.69) is 10.0 Å². The molecule has 0 unspecified atom stereocenters. The van der Waals surface area contributed by atoms with Gasteiger partial charge in [0, 0.05) is 15.7 Å². The number of carboxylic acids is 1. The largest absolute Gasteiger partial charge is 0.478 e. The molecule has 0 heterocycles. The molecule has 3 N–H and O–H groups in total. The molecule has 1 amide bonds. The van der Waals surface area contributed by atoms with Crippen molar-refractivity contribution in [1.29, 1.82) is 0 Å². The third kappa shape index (κ3) is 6.33. The highest BCUT2D eigenvalue weighted by atomic mass is 127. The van der Waals surface area contributed by atoms with Crippen LogP contribution in [-0.4, -0.2) is 25.4 Å². The molecule has 3 aromatic carbocycles. The lowest BCUT2D eigenvalue weighted by Gasteiger charge is -2.11. The van der Waals surface area contributed by atoms with E-state index in [1.807, 2.05) is 22.6 Å². The average Bonchev–Trinajstić information content (AvgIpc) is 2.78. The highest BCUT2D eigenvalue weighted by Crippen LogP contribution is 2.29. The van der Waals surface area contributed by atoms with Crippen LogP contribution in [-0.2, 0) is 22.7 Å². The molecule has 0 radical (unpaired) electrons. The number of rotatable bonds is 7. The van der Waals surface area contributed by atoms with Crippen LogP contribution in [0.2, 0.25) is 0 Å². The van der Waals surface area contributed by atoms with Crippen LogP contribution >= 0.6 is 22.6 Å². The first-order valence-corrected chi connectivity index (χ1v) is 12.0. The summed E-state index contributed by atoms with van der Waals surface area (Å²) in [7, 11) is -4.07. The summed E-state index contributed by atoms with van der Waals surface area (Å²) in [5.41, 5.74) is -0.706. The van der Waals surface area contributed by atoms with Gasteiger partial charge in [-0.05, 0) is 76.7 Å². The Morgan fingerprint density at radius 2 is 1.65 bits per heavy atom. The van der Waals surface area contributed by atoms with Crippen molar-refractivity contribution in [3.05, 3.63) is 92.6 Å². The van der Waals surface area contributed by atoms with Crippen LogP contribution < -0.4 is 10.0 Å². The molecule has 0 atom stereocenters. The van der Waals surface area contributed by atoms with Crippen LogP contribution in [0.25, 0.3) is 0 Å². The van der Waals surface area contributed by atoms with E-state index in [9.17, 15) is 36.3 Å². The Hall–Kier alpha value is -2.97. The van der Waals surface area contributed by atoms with Gasteiger partial charge in [0.25, 0.3) is 5.91 Å². The molecule has 0 fully saturated rings. The van der Waals surface area contributed by atoms with Gasteiger partial charge >= 0.3 is 12.1 Å². The second-order valence-electron chi connectivity index (χ2n) is 7.00. The summed E-state index contributed by atoms with van der Waals surface area (Å²) in [4.78, 5) is 23.7. The van der Waals surface area contributed by atoms with E-state index in [1.54, 1.807) is 6.07 Å². The third-order valence-corrected chi connectivity index (χ3v) is 6.70. The maximum Gasteiger partial charge on any atom is 0.416 e. The molecule has 0 aromatic heterocycles. The molecule has 178 valence electrons. The molecule has 3 rings (SSSR count). The second-order valence-corrected chi connectivity index (χ2v) is 10.0. The van der Waals surface area contributed by atoms with E-state index in [4.69, 9.17) is 0 Å². The summed E-state index contributed by atoms with van der Waals surface area (Å²) < 4.78 is 66.4. The third-order valence-electron chi connectivity index (χ3n) is 4.61. The van der Waals surface area contributed by atoms with Crippen LogP contribution in [0.1, 0.15) is 31.8 Å². The Labute approximate surface area is 206 Å². The van der Waals surface area contributed by atoms with Gasteiger partial charge in [0.2, 0.25) is 10.0 Å². The number of hydrogen-bond donors (Lipinski definition) is 3. The number of nitrogens with one attached hydrogen (secondary N) is 2. The summed E-state index contributed by atoms with van der Waals surface area (Å²) in [6.45, 7) is -0.362. The predicted molar refractivity (Wildman–Crippen MR) is 126 cm³/mol. The van der Waals surface area contributed by atoms with Gasteiger partial charge < -0.3 is 10.4 Å². The first-order chi connectivity index (χ1) is 15.9. The van der Waals surface area contributed by atoms with Crippen molar-refractivity contribution >= 4 is 50.2 Å². The number of aromatic carboxylic acids is 1. The van der Waals surface area contributed by atoms with Crippen molar-refractivity contribution in [2.45, 2.75) is 17.6 Å². The zero-order chi connectivity index (χ0) is 25.1. The molecule has 0 aliphatic rings. The minimum atomic E-state index is -4.55. The van der Waals surface area contributed by atoms with E-state index in [0.717, 1.165) is 24.3 Å². The lowest BCUT2D eigenvalue weighted by Crippen LogP contribution is -2.23.